The van der Waals surface area contributed by atoms with E-state index < -0.39 is 29.1 Å². The zero-order valence-corrected chi connectivity index (χ0v) is 19.2. The molecule has 0 radical (unpaired) electrons. The predicted octanol–water partition coefficient (Wildman–Crippen LogP) is 6.30. The molecule has 1 aliphatic heterocycles. The summed E-state index contributed by atoms with van der Waals surface area (Å²) in [6.07, 6.45) is 0.572. The van der Waals surface area contributed by atoms with Gasteiger partial charge in [-0.05, 0) is 62.3 Å². The van der Waals surface area contributed by atoms with E-state index >= 15 is 0 Å². The van der Waals surface area contributed by atoms with Crippen LogP contribution in [-0.2, 0) is 6.18 Å². The van der Waals surface area contributed by atoms with Gasteiger partial charge in [-0.25, -0.2) is 0 Å². The van der Waals surface area contributed by atoms with Gasteiger partial charge in [-0.1, -0.05) is 49.8 Å². The van der Waals surface area contributed by atoms with Crippen LogP contribution in [0.15, 0.2) is 42.5 Å². The number of alkyl halides is 3. The van der Waals surface area contributed by atoms with Gasteiger partial charge in [-0.3, -0.25) is 4.90 Å². The molecule has 33 heavy (non-hydrogen) atoms. The number of aryl methyl sites for hydroxylation is 1. The van der Waals surface area contributed by atoms with E-state index in [0.29, 0.717) is 12.8 Å². The van der Waals surface area contributed by atoms with Crippen molar-refractivity contribution >= 4 is 28.7 Å². The maximum absolute atomic E-state index is 13.6. The van der Waals surface area contributed by atoms with Gasteiger partial charge in [-0.2, -0.15) is 18.4 Å². The van der Waals surface area contributed by atoms with E-state index in [1.54, 1.807) is 6.07 Å². The molecule has 1 heterocycles. The van der Waals surface area contributed by atoms with Gasteiger partial charge in [0.2, 0.25) is 0 Å². The van der Waals surface area contributed by atoms with Crippen LogP contribution in [-0.4, -0.2) is 22.0 Å². The summed E-state index contributed by atoms with van der Waals surface area (Å²) in [6, 6.07) is 12.9. The largest absolute Gasteiger partial charge is 0.417 e. The Kier molecular flexibility index (Phi) is 6.39. The molecular weight excluding hydrogens is 447 g/mol. The average molecular weight is 474 g/mol. The van der Waals surface area contributed by atoms with E-state index in [1.807, 2.05) is 36.1 Å². The Morgan fingerprint density at radius 3 is 2.15 bits per heavy atom. The number of aliphatic hydroxyl groups excluding tert-OH is 1. The average Bonchev–Trinajstić information content (AvgIpc) is 2.97. The zero-order chi connectivity index (χ0) is 23.8. The molecule has 174 valence electrons. The van der Waals surface area contributed by atoms with Crippen molar-refractivity contribution in [3.8, 4) is 6.07 Å². The minimum Gasteiger partial charge on any atom is -0.371 e. The number of nitriles is 1. The van der Waals surface area contributed by atoms with Crippen molar-refractivity contribution in [1.82, 2.24) is 0 Å². The Balaban J connectivity index is 1.85. The van der Waals surface area contributed by atoms with Gasteiger partial charge < -0.3 is 10.0 Å². The maximum atomic E-state index is 13.6. The van der Waals surface area contributed by atoms with Crippen LogP contribution in [0.2, 0.25) is 0 Å². The SMILES string of the molecule is Cc1ccc(N2C(=S)N(c3ccc(C#N)c(C(F)(F)F)c3)C(O)C23CCCCCCC3)cc1. The predicted molar refractivity (Wildman–Crippen MR) is 126 cm³/mol. The van der Waals surface area contributed by atoms with Gasteiger partial charge in [0.15, 0.2) is 11.3 Å². The van der Waals surface area contributed by atoms with Crippen LogP contribution >= 0.6 is 12.2 Å². The lowest BCUT2D eigenvalue weighted by Crippen LogP contribution is -2.52. The van der Waals surface area contributed by atoms with E-state index in [0.717, 1.165) is 55.5 Å². The molecule has 1 N–H and O–H groups in total. The molecule has 1 aliphatic carbocycles. The fourth-order valence-corrected chi connectivity index (χ4v) is 5.58. The van der Waals surface area contributed by atoms with Crippen LogP contribution in [0, 0.1) is 18.3 Å². The monoisotopic (exact) mass is 473 g/mol. The number of thiocarbonyl (C=S) groups is 1. The Labute approximate surface area is 197 Å². The molecule has 1 saturated heterocycles. The van der Waals surface area contributed by atoms with Gasteiger partial charge in [0.25, 0.3) is 0 Å². The summed E-state index contributed by atoms with van der Waals surface area (Å²) < 4.78 is 40.9. The molecular formula is C25H26F3N3OS. The first-order chi connectivity index (χ1) is 15.7. The van der Waals surface area contributed by atoms with Crippen LogP contribution in [0.25, 0.3) is 0 Å². The van der Waals surface area contributed by atoms with Crippen molar-refractivity contribution in [3.05, 3.63) is 59.2 Å². The van der Waals surface area contributed by atoms with E-state index in [1.165, 1.54) is 11.0 Å². The first-order valence-electron chi connectivity index (χ1n) is 11.2. The molecule has 0 aromatic heterocycles. The fraction of sp³-hybridized carbons (Fsp3) is 0.440. The maximum Gasteiger partial charge on any atom is 0.417 e. The van der Waals surface area contributed by atoms with Crippen molar-refractivity contribution in [2.24, 2.45) is 0 Å². The number of aliphatic hydroxyl groups is 1. The Morgan fingerprint density at radius 1 is 1.00 bits per heavy atom. The summed E-state index contributed by atoms with van der Waals surface area (Å²) in [6.45, 7) is 1.98. The molecule has 0 bridgehead atoms. The molecule has 8 heteroatoms. The normalized spacial score (nSPS) is 21.1. The summed E-state index contributed by atoms with van der Waals surface area (Å²) in [5.41, 5.74) is -0.193. The molecule has 2 fully saturated rings. The second kappa shape index (κ2) is 8.96. The zero-order valence-electron chi connectivity index (χ0n) is 18.4. The Hall–Kier alpha value is -2.63. The molecule has 1 atom stereocenters. The molecule has 1 unspecified atom stereocenters. The highest BCUT2D eigenvalue weighted by atomic mass is 32.1. The number of rotatable bonds is 2. The van der Waals surface area contributed by atoms with Crippen molar-refractivity contribution in [1.29, 1.82) is 5.26 Å². The van der Waals surface area contributed by atoms with Gasteiger partial charge in [0, 0.05) is 11.4 Å². The number of benzene rings is 2. The number of hydrogen-bond acceptors (Lipinski definition) is 3. The van der Waals surface area contributed by atoms with Gasteiger partial charge in [0.05, 0.1) is 22.7 Å². The quantitative estimate of drug-likeness (QED) is 0.519. The molecule has 1 spiro atoms. The van der Waals surface area contributed by atoms with Gasteiger partial charge in [-0.15, -0.1) is 0 Å². The lowest BCUT2D eigenvalue weighted by Gasteiger charge is -2.41. The first kappa shape index (κ1) is 23.5. The second-order valence-electron chi connectivity index (χ2n) is 8.91. The minimum atomic E-state index is -4.69. The van der Waals surface area contributed by atoms with Crippen LogP contribution in [0.3, 0.4) is 0 Å². The standard InChI is InChI=1S/C25H26F3N3OS/c1-17-7-10-19(11-8-17)31-23(33)30(22(32)24(31)13-5-3-2-4-6-14-24)20-12-9-18(16-29)21(15-20)25(26,27)28/h7-12,15,22,32H,2-6,13-14H2,1H3. The van der Waals surface area contributed by atoms with Gasteiger partial charge >= 0.3 is 6.18 Å². The van der Waals surface area contributed by atoms with Gasteiger partial charge in [0.1, 0.15) is 0 Å². The fourth-order valence-electron chi connectivity index (χ4n) is 5.09. The molecule has 4 rings (SSSR count). The lowest BCUT2D eigenvalue weighted by atomic mass is 9.81. The number of hydrogen-bond donors (Lipinski definition) is 1. The van der Waals surface area contributed by atoms with E-state index in [4.69, 9.17) is 17.5 Å². The summed E-state index contributed by atoms with van der Waals surface area (Å²) >= 11 is 5.81. The molecule has 0 amide bonds. The molecule has 2 aromatic rings. The summed E-state index contributed by atoms with van der Waals surface area (Å²) in [5.74, 6) is 0. The van der Waals surface area contributed by atoms with Crippen LogP contribution in [0.1, 0.15) is 61.6 Å². The third kappa shape index (κ3) is 4.20. The van der Waals surface area contributed by atoms with Crippen LogP contribution in [0.4, 0.5) is 24.5 Å². The van der Waals surface area contributed by atoms with Crippen LogP contribution < -0.4 is 9.80 Å². The third-order valence-electron chi connectivity index (χ3n) is 6.79. The molecule has 2 aliphatic rings. The number of halogens is 3. The van der Waals surface area contributed by atoms with Crippen molar-refractivity contribution < 1.29 is 18.3 Å². The third-order valence-corrected chi connectivity index (χ3v) is 7.17. The summed E-state index contributed by atoms with van der Waals surface area (Å²) in [4.78, 5) is 3.37. The Bertz CT molecular complexity index is 1070. The second-order valence-corrected chi connectivity index (χ2v) is 9.27. The van der Waals surface area contributed by atoms with E-state index in [-0.39, 0.29) is 10.8 Å². The number of nitrogens with zero attached hydrogens (tertiary/aromatic N) is 3. The van der Waals surface area contributed by atoms with E-state index in [9.17, 15) is 18.3 Å². The van der Waals surface area contributed by atoms with Crippen molar-refractivity contribution in [2.45, 2.75) is 69.8 Å². The summed E-state index contributed by atoms with van der Waals surface area (Å²) in [7, 11) is 0. The highest BCUT2D eigenvalue weighted by Gasteiger charge is 2.55. The van der Waals surface area contributed by atoms with Crippen molar-refractivity contribution in [2.75, 3.05) is 9.80 Å². The number of anilines is 2. The molecule has 1 saturated carbocycles. The highest BCUT2D eigenvalue weighted by molar-refractivity contribution is 7.80. The first-order valence-corrected chi connectivity index (χ1v) is 11.6. The lowest BCUT2D eigenvalue weighted by molar-refractivity contribution is -0.137. The van der Waals surface area contributed by atoms with Crippen LogP contribution in [0.5, 0.6) is 0 Å². The van der Waals surface area contributed by atoms with Crippen molar-refractivity contribution in [3.63, 3.8) is 0 Å². The summed E-state index contributed by atoms with van der Waals surface area (Å²) in [5, 5.41) is 21.1. The molecule has 4 nitrogen and oxygen atoms in total. The Morgan fingerprint density at radius 2 is 1.58 bits per heavy atom. The highest BCUT2D eigenvalue weighted by Crippen LogP contribution is 2.46. The smallest absolute Gasteiger partial charge is 0.371 e. The van der Waals surface area contributed by atoms with E-state index in [2.05, 4.69) is 0 Å². The topological polar surface area (TPSA) is 50.5 Å². The molecule has 2 aromatic carbocycles. The minimum absolute atomic E-state index is 0.134.